The molecule has 1 aromatic heterocycles. The zero-order valence-corrected chi connectivity index (χ0v) is 17.4. The molecule has 0 aliphatic heterocycles. The average Bonchev–Trinajstić information content (AvgIpc) is 2.71. The van der Waals surface area contributed by atoms with Crippen molar-refractivity contribution in [2.75, 3.05) is 12.4 Å². The van der Waals surface area contributed by atoms with Crippen LogP contribution in [0.15, 0.2) is 59.4 Å². The highest BCUT2D eigenvalue weighted by atomic mass is 32.1. The number of benzene rings is 2. The number of amides is 1. The van der Waals surface area contributed by atoms with Crippen molar-refractivity contribution in [1.82, 2.24) is 4.57 Å². The molecule has 1 heterocycles. The van der Waals surface area contributed by atoms with Crippen molar-refractivity contribution >= 4 is 35.1 Å². The summed E-state index contributed by atoms with van der Waals surface area (Å²) < 4.78 is 7.14. The van der Waals surface area contributed by atoms with Crippen LogP contribution in [0.3, 0.4) is 0 Å². The summed E-state index contributed by atoms with van der Waals surface area (Å²) in [5.74, 6) is 0.726. The van der Waals surface area contributed by atoms with Crippen LogP contribution in [-0.2, 0) is 11.3 Å². The number of aromatic hydroxyl groups is 1. The third-order valence-electron chi connectivity index (χ3n) is 4.25. The predicted molar refractivity (Wildman–Crippen MR) is 117 cm³/mol. The molecule has 3 rings (SSSR count). The summed E-state index contributed by atoms with van der Waals surface area (Å²) in [6, 6.07) is 15.3. The normalized spacial score (nSPS) is 10.5. The number of anilines is 1. The number of rotatable bonds is 7. The van der Waals surface area contributed by atoms with Crippen LogP contribution in [0, 0.1) is 3.95 Å². The second kappa shape index (κ2) is 9.49. The molecule has 0 saturated heterocycles. The van der Waals surface area contributed by atoms with E-state index in [1.54, 1.807) is 25.3 Å². The molecule has 2 N–H and O–H groups in total. The Balaban J connectivity index is 1.62. The average molecular weight is 429 g/mol. The van der Waals surface area contributed by atoms with Gasteiger partial charge in [0.1, 0.15) is 11.5 Å². The van der Waals surface area contributed by atoms with Crippen molar-refractivity contribution in [1.29, 1.82) is 0 Å². The first-order valence-electron chi connectivity index (χ1n) is 8.94. The van der Waals surface area contributed by atoms with Gasteiger partial charge in [-0.1, -0.05) is 0 Å². The summed E-state index contributed by atoms with van der Waals surface area (Å²) in [4.78, 5) is 25.4. The van der Waals surface area contributed by atoms with Crippen molar-refractivity contribution in [3.05, 3.63) is 68.9 Å². The van der Waals surface area contributed by atoms with Gasteiger partial charge in [0.15, 0.2) is 3.95 Å². The van der Waals surface area contributed by atoms with Gasteiger partial charge in [-0.3, -0.25) is 14.2 Å². The lowest BCUT2D eigenvalue weighted by atomic mass is 10.2. The van der Waals surface area contributed by atoms with E-state index in [4.69, 9.17) is 17.0 Å². The molecular weight excluding hydrogens is 408 g/mol. The number of aromatic nitrogens is 1. The van der Waals surface area contributed by atoms with Crippen LogP contribution in [0.4, 0.5) is 5.69 Å². The smallest absolute Gasteiger partial charge is 0.253 e. The zero-order chi connectivity index (χ0) is 20.8. The summed E-state index contributed by atoms with van der Waals surface area (Å²) >= 11 is 6.76. The Morgan fingerprint density at radius 3 is 2.48 bits per heavy atom. The van der Waals surface area contributed by atoms with Gasteiger partial charge in [0.05, 0.1) is 7.11 Å². The van der Waals surface area contributed by atoms with E-state index in [9.17, 15) is 14.7 Å². The van der Waals surface area contributed by atoms with Crippen molar-refractivity contribution in [2.45, 2.75) is 19.4 Å². The molecule has 0 saturated carbocycles. The molecule has 0 unspecified atom stereocenters. The molecule has 150 valence electrons. The van der Waals surface area contributed by atoms with Crippen LogP contribution >= 0.6 is 23.6 Å². The number of nitrogens with zero attached hydrogens (tertiary/aromatic N) is 1. The Morgan fingerprint density at radius 1 is 1.17 bits per heavy atom. The van der Waals surface area contributed by atoms with Crippen LogP contribution in [0.5, 0.6) is 11.5 Å². The third kappa shape index (κ3) is 5.52. The minimum absolute atomic E-state index is 0.139. The summed E-state index contributed by atoms with van der Waals surface area (Å²) in [5.41, 5.74) is 1.33. The molecule has 0 bridgehead atoms. The van der Waals surface area contributed by atoms with Crippen LogP contribution in [0.2, 0.25) is 0 Å². The van der Waals surface area contributed by atoms with Gasteiger partial charge in [-0.25, -0.2) is 0 Å². The Hall–Kier alpha value is -2.97. The van der Waals surface area contributed by atoms with Crippen molar-refractivity contribution < 1.29 is 14.6 Å². The number of carbonyl (C=O) groups is 1. The number of ether oxygens (including phenoxy) is 1. The lowest BCUT2D eigenvalue weighted by molar-refractivity contribution is -0.116. The molecule has 1 amide bonds. The minimum Gasteiger partial charge on any atom is -0.508 e. The van der Waals surface area contributed by atoms with E-state index in [0.717, 1.165) is 16.2 Å². The standard InChI is InChI=1S/C21H20N2O4S2/c1-27-17-10-4-14(5-11-17)18-13-20(26)23(21(28)29-18)12-2-3-19(25)22-15-6-8-16(24)9-7-15/h4-11,13,24H,2-3,12H2,1H3,(H,22,25). The Bertz CT molecular complexity index is 1070. The monoisotopic (exact) mass is 428 g/mol. The van der Waals surface area contributed by atoms with Crippen LogP contribution in [0.25, 0.3) is 10.4 Å². The fourth-order valence-corrected chi connectivity index (χ4v) is 4.07. The highest BCUT2D eigenvalue weighted by Gasteiger charge is 2.08. The number of methoxy groups -OCH3 is 1. The van der Waals surface area contributed by atoms with E-state index in [0.29, 0.717) is 22.6 Å². The van der Waals surface area contributed by atoms with Gasteiger partial charge in [-0.15, -0.1) is 11.3 Å². The number of phenolic OH excluding ortho intramolecular Hbond substituents is 1. The highest BCUT2D eigenvalue weighted by molar-refractivity contribution is 7.73. The van der Waals surface area contributed by atoms with E-state index in [1.165, 1.54) is 28.0 Å². The number of hydrogen-bond donors (Lipinski definition) is 2. The van der Waals surface area contributed by atoms with E-state index < -0.39 is 0 Å². The van der Waals surface area contributed by atoms with Gasteiger partial charge in [-0.05, 0) is 72.7 Å². The second-order valence-electron chi connectivity index (χ2n) is 6.29. The summed E-state index contributed by atoms with van der Waals surface area (Å²) in [7, 11) is 1.60. The largest absolute Gasteiger partial charge is 0.508 e. The molecule has 0 atom stereocenters. The highest BCUT2D eigenvalue weighted by Crippen LogP contribution is 2.25. The lowest BCUT2D eigenvalue weighted by Crippen LogP contribution is -2.20. The van der Waals surface area contributed by atoms with Gasteiger partial charge in [-0.2, -0.15) is 0 Å². The fraction of sp³-hybridized carbons (Fsp3) is 0.190. The van der Waals surface area contributed by atoms with Crippen molar-refractivity contribution in [2.24, 2.45) is 0 Å². The van der Waals surface area contributed by atoms with Crippen molar-refractivity contribution in [3.63, 3.8) is 0 Å². The van der Waals surface area contributed by atoms with Crippen LogP contribution in [0.1, 0.15) is 12.8 Å². The van der Waals surface area contributed by atoms with Gasteiger partial charge in [0.25, 0.3) is 5.56 Å². The number of phenols is 1. The second-order valence-corrected chi connectivity index (χ2v) is 7.97. The van der Waals surface area contributed by atoms with E-state index >= 15 is 0 Å². The number of carbonyl (C=O) groups excluding carboxylic acids is 1. The van der Waals surface area contributed by atoms with Gasteiger partial charge in [0, 0.05) is 29.6 Å². The maximum atomic E-state index is 12.5. The fourth-order valence-electron chi connectivity index (χ4n) is 2.72. The number of hydrogen-bond acceptors (Lipinski definition) is 6. The molecule has 0 radical (unpaired) electrons. The first-order valence-corrected chi connectivity index (χ1v) is 10.2. The number of nitrogens with one attached hydrogen (secondary N) is 1. The Kier molecular flexibility index (Phi) is 6.79. The summed E-state index contributed by atoms with van der Waals surface area (Å²) in [6.07, 6.45) is 0.745. The van der Waals surface area contributed by atoms with Crippen molar-refractivity contribution in [3.8, 4) is 21.9 Å². The van der Waals surface area contributed by atoms with E-state index in [-0.39, 0.29) is 23.6 Å². The molecule has 2 aromatic carbocycles. The first-order chi connectivity index (χ1) is 14.0. The molecule has 0 fully saturated rings. The third-order valence-corrected chi connectivity index (χ3v) is 5.69. The molecular formula is C21H20N2O4S2. The zero-order valence-electron chi connectivity index (χ0n) is 15.8. The molecule has 8 heteroatoms. The van der Waals surface area contributed by atoms with E-state index in [2.05, 4.69) is 5.32 Å². The molecule has 0 spiro atoms. The maximum absolute atomic E-state index is 12.5. The van der Waals surface area contributed by atoms with Gasteiger partial charge < -0.3 is 15.2 Å². The van der Waals surface area contributed by atoms with E-state index in [1.807, 2.05) is 24.3 Å². The van der Waals surface area contributed by atoms with Crippen LogP contribution in [-0.4, -0.2) is 22.7 Å². The Labute approximate surface area is 177 Å². The molecule has 3 aromatic rings. The lowest BCUT2D eigenvalue weighted by Gasteiger charge is -2.08. The molecule has 0 aliphatic carbocycles. The SMILES string of the molecule is COc1ccc(-c2cc(=O)n(CCCC(=O)Nc3ccc(O)cc3)c(=S)s2)cc1. The Morgan fingerprint density at radius 2 is 1.86 bits per heavy atom. The van der Waals surface area contributed by atoms with Gasteiger partial charge in [0.2, 0.25) is 5.91 Å². The van der Waals surface area contributed by atoms with Crippen LogP contribution < -0.4 is 15.6 Å². The summed E-state index contributed by atoms with van der Waals surface area (Å²) in [6.45, 7) is 0.375. The molecule has 0 aliphatic rings. The van der Waals surface area contributed by atoms with Gasteiger partial charge >= 0.3 is 0 Å². The topological polar surface area (TPSA) is 80.6 Å². The first kappa shape index (κ1) is 20.8. The minimum atomic E-state index is -0.182. The molecule has 29 heavy (non-hydrogen) atoms. The maximum Gasteiger partial charge on any atom is 0.253 e. The quantitative estimate of drug-likeness (QED) is 0.430. The predicted octanol–water partition coefficient (Wildman–Crippen LogP) is 4.44. The summed E-state index contributed by atoms with van der Waals surface area (Å²) in [5, 5.41) is 12.0. The molecule has 6 nitrogen and oxygen atoms in total.